The Morgan fingerprint density at radius 3 is 1.76 bits per heavy atom. The summed E-state index contributed by atoms with van der Waals surface area (Å²) in [6.45, 7) is 4.20. The fourth-order valence-corrected chi connectivity index (χ4v) is 5.00. The first-order valence-corrected chi connectivity index (χ1v) is 14.6. The van der Waals surface area contributed by atoms with Crippen molar-refractivity contribution in [1.82, 2.24) is 10.6 Å². The van der Waals surface area contributed by atoms with E-state index in [1.54, 1.807) is 7.05 Å². The van der Waals surface area contributed by atoms with Crippen molar-refractivity contribution in [3.05, 3.63) is 0 Å². The van der Waals surface area contributed by atoms with E-state index in [1.165, 1.54) is 64.7 Å². The van der Waals surface area contributed by atoms with Crippen molar-refractivity contribution in [3.63, 3.8) is 0 Å². The molecule has 0 radical (unpaired) electrons. The Balaban J connectivity index is 4.11. The van der Waals surface area contributed by atoms with Crippen LogP contribution in [0, 0.1) is 0 Å². The van der Waals surface area contributed by atoms with Crippen molar-refractivity contribution in [1.29, 1.82) is 0 Å². The van der Waals surface area contributed by atoms with E-state index in [0.717, 1.165) is 19.3 Å². The van der Waals surface area contributed by atoms with Gasteiger partial charge in [0.25, 0.3) is 0 Å². The number of Topliss-reactive ketones (excluding diaryl/α,β-unsaturated/α-hetero) is 1. The zero-order chi connectivity index (χ0) is 25.6. The van der Waals surface area contributed by atoms with Gasteiger partial charge in [-0.2, -0.15) is 0 Å². The van der Waals surface area contributed by atoms with E-state index in [2.05, 4.69) is 17.6 Å². The predicted octanol–water partition coefficient (Wildman–Crippen LogP) is 5.37. The summed E-state index contributed by atoms with van der Waals surface area (Å²) >= 11 is 0. The van der Waals surface area contributed by atoms with Gasteiger partial charge in [0, 0.05) is 38.6 Å². The maximum Gasteiger partial charge on any atom is 0.217 e. The largest absolute Gasteiger partial charge is 0.360 e. The fourth-order valence-electron chi connectivity index (χ4n) is 3.96. The molecular formula is C26H49N2O5P. The molecular weight excluding hydrogens is 451 g/mol. The minimum atomic E-state index is -2.40. The first-order chi connectivity index (χ1) is 16.3. The van der Waals surface area contributed by atoms with Gasteiger partial charge < -0.3 is 15.5 Å². The Morgan fingerprint density at radius 2 is 1.26 bits per heavy atom. The van der Waals surface area contributed by atoms with Crippen molar-refractivity contribution in [2.75, 3.05) is 13.6 Å². The second-order valence-corrected chi connectivity index (χ2v) is 10.9. The lowest BCUT2D eigenvalue weighted by atomic mass is 10.0. The van der Waals surface area contributed by atoms with Crippen molar-refractivity contribution < 1.29 is 24.1 Å². The van der Waals surface area contributed by atoms with E-state index < -0.39 is 25.2 Å². The highest BCUT2D eigenvalue weighted by Crippen LogP contribution is 2.36. The number of rotatable bonds is 24. The topological polar surface area (TPSA) is 113 Å². The summed E-state index contributed by atoms with van der Waals surface area (Å²) < 4.78 is 0. The molecule has 34 heavy (non-hydrogen) atoms. The number of amides is 1. The molecule has 8 heteroatoms. The van der Waals surface area contributed by atoms with Crippen molar-refractivity contribution in [2.45, 2.75) is 129 Å². The predicted molar refractivity (Wildman–Crippen MR) is 140 cm³/mol. The molecule has 0 aromatic rings. The van der Waals surface area contributed by atoms with Crippen molar-refractivity contribution in [3.8, 4) is 0 Å². The molecule has 0 saturated heterocycles. The molecule has 0 rings (SSSR count). The van der Waals surface area contributed by atoms with Crippen molar-refractivity contribution >= 4 is 30.9 Å². The third-order valence-corrected chi connectivity index (χ3v) is 7.25. The van der Waals surface area contributed by atoms with Gasteiger partial charge >= 0.3 is 0 Å². The Hall–Kier alpha value is -1.17. The summed E-state index contributed by atoms with van der Waals surface area (Å²) in [5.41, 5.74) is -1.04. The molecule has 7 nitrogen and oxygen atoms in total. The number of hydrogen-bond acceptors (Lipinski definition) is 6. The molecule has 0 spiro atoms. The SMILES string of the molecule is CCCCCCCCCCCCCCC(=O)CC(CC(=O)P(O)C(=O)CCCNC)NC(C)=O. The Labute approximate surface area is 208 Å². The summed E-state index contributed by atoms with van der Waals surface area (Å²) in [4.78, 5) is 58.3. The van der Waals surface area contributed by atoms with Crippen LogP contribution in [0.3, 0.4) is 0 Å². The van der Waals surface area contributed by atoms with Gasteiger partial charge in [0.15, 0.2) is 19.2 Å². The molecule has 0 bridgehead atoms. The minimum Gasteiger partial charge on any atom is -0.360 e. The first kappa shape index (κ1) is 32.8. The summed E-state index contributed by atoms with van der Waals surface area (Å²) in [5.74, 6) is -0.333. The van der Waals surface area contributed by atoms with Gasteiger partial charge in [-0.25, -0.2) is 0 Å². The molecule has 0 aromatic carbocycles. The van der Waals surface area contributed by atoms with Crippen LogP contribution in [0.15, 0.2) is 0 Å². The number of nitrogens with one attached hydrogen (secondary N) is 2. The quantitative estimate of drug-likeness (QED) is 0.121. The smallest absolute Gasteiger partial charge is 0.217 e. The first-order valence-electron chi connectivity index (χ1n) is 13.3. The second kappa shape index (κ2) is 22.3. The van der Waals surface area contributed by atoms with Crippen LogP contribution in [-0.4, -0.2) is 47.3 Å². The van der Waals surface area contributed by atoms with Crippen LogP contribution in [0.25, 0.3) is 0 Å². The van der Waals surface area contributed by atoms with Gasteiger partial charge in [0.05, 0.1) is 0 Å². The lowest BCUT2D eigenvalue weighted by molar-refractivity contribution is -0.122. The van der Waals surface area contributed by atoms with Gasteiger partial charge in [-0.1, -0.05) is 77.6 Å². The zero-order valence-electron chi connectivity index (χ0n) is 21.8. The van der Waals surface area contributed by atoms with Crippen LogP contribution in [-0.2, 0) is 19.2 Å². The molecule has 0 aromatic heterocycles. The van der Waals surface area contributed by atoms with Gasteiger partial charge in [-0.15, -0.1) is 0 Å². The average Bonchev–Trinajstić information content (AvgIpc) is 2.78. The molecule has 2 unspecified atom stereocenters. The highest BCUT2D eigenvalue weighted by atomic mass is 31.1. The standard InChI is InChI=1S/C26H49N2O5P/c1-4-5-6-7-8-9-10-11-12-13-14-15-17-24(30)20-23(28-22(2)29)21-26(32)34(33)25(31)18-16-19-27-3/h23,27,33H,4-21H2,1-3H3,(H,28,29). The number of carbonyl (C=O) groups excluding carboxylic acids is 4. The molecule has 3 N–H and O–H groups in total. The van der Waals surface area contributed by atoms with Gasteiger partial charge in [-0.05, 0) is 26.4 Å². The maximum absolute atomic E-state index is 12.4. The van der Waals surface area contributed by atoms with E-state index in [-0.39, 0.29) is 31.0 Å². The molecule has 0 aliphatic carbocycles. The lowest BCUT2D eigenvalue weighted by Gasteiger charge is -2.18. The molecule has 0 aliphatic heterocycles. The molecule has 2 atom stereocenters. The molecule has 1 amide bonds. The summed E-state index contributed by atoms with van der Waals surface area (Å²) in [6.07, 6.45) is 15.7. The second-order valence-electron chi connectivity index (χ2n) is 9.29. The van der Waals surface area contributed by atoms with Gasteiger partial charge in [0.2, 0.25) is 5.91 Å². The van der Waals surface area contributed by atoms with Crippen LogP contribution in [0.2, 0.25) is 0 Å². The van der Waals surface area contributed by atoms with E-state index >= 15 is 0 Å². The maximum atomic E-state index is 12.4. The van der Waals surface area contributed by atoms with Crippen LogP contribution in [0.5, 0.6) is 0 Å². The Morgan fingerprint density at radius 1 is 0.735 bits per heavy atom. The van der Waals surface area contributed by atoms with Crippen LogP contribution in [0.4, 0.5) is 0 Å². The van der Waals surface area contributed by atoms with Crippen molar-refractivity contribution in [2.24, 2.45) is 0 Å². The average molecular weight is 501 g/mol. The monoisotopic (exact) mass is 500 g/mol. The Kier molecular flexibility index (Phi) is 21.5. The minimum absolute atomic E-state index is 0.00115. The third-order valence-electron chi connectivity index (χ3n) is 5.90. The Bertz CT molecular complexity index is 586. The van der Waals surface area contributed by atoms with Gasteiger partial charge in [0.1, 0.15) is 5.78 Å². The van der Waals surface area contributed by atoms with E-state index in [1.807, 2.05) is 0 Å². The van der Waals surface area contributed by atoms with E-state index in [0.29, 0.717) is 19.4 Å². The third kappa shape index (κ3) is 19.2. The molecule has 0 saturated carbocycles. The van der Waals surface area contributed by atoms with Crippen LogP contribution in [0.1, 0.15) is 123 Å². The molecule has 198 valence electrons. The molecule has 0 fully saturated rings. The normalized spacial score (nSPS) is 12.8. The highest BCUT2D eigenvalue weighted by Gasteiger charge is 2.27. The van der Waals surface area contributed by atoms with Crippen LogP contribution < -0.4 is 10.6 Å². The van der Waals surface area contributed by atoms with E-state index in [4.69, 9.17) is 0 Å². The number of unbranched alkanes of at least 4 members (excludes halogenated alkanes) is 11. The van der Waals surface area contributed by atoms with Crippen LogP contribution >= 0.6 is 8.15 Å². The number of hydrogen-bond donors (Lipinski definition) is 3. The summed E-state index contributed by atoms with van der Waals surface area (Å²) in [7, 11) is -0.630. The lowest BCUT2D eigenvalue weighted by Crippen LogP contribution is -2.36. The molecule has 0 aliphatic rings. The summed E-state index contributed by atoms with van der Waals surface area (Å²) in [5, 5.41) is 5.54. The summed E-state index contributed by atoms with van der Waals surface area (Å²) in [6, 6.07) is -0.669. The number of ketones is 1. The molecule has 0 heterocycles. The number of carbonyl (C=O) groups is 4. The van der Waals surface area contributed by atoms with E-state index in [9.17, 15) is 24.1 Å². The zero-order valence-corrected chi connectivity index (χ0v) is 22.7. The fraction of sp³-hybridized carbons (Fsp3) is 0.846. The van der Waals surface area contributed by atoms with Gasteiger partial charge in [-0.3, -0.25) is 19.2 Å². The highest BCUT2D eigenvalue weighted by molar-refractivity contribution is 7.84.